The minimum atomic E-state index is -0.142. The molecular formula is C16H27N3O3. The number of hydrogen-bond acceptors (Lipinski definition) is 6. The van der Waals surface area contributed by atoms with Crippen molar-refractivity contribution < 1.29 is 14.4 Å². The average molecular weight is 309 g/mol. The lowest BCUT2D eigenvalue weighted by Gasteiger charge is -2.36. The van der Waals surface area contributed by atoms with Gasteiger partial charge in [0.15, 0.2) is 5.82 Å². The van der Waals surface area contributed by atoms with E-state index in [1.165, 1.54) is 0 Å². The van der Waals surface area contributed by atoms with Crippen molar-refractivity contribution in [2.45, 2.75) is 77.3 Å². The van der Waals surface area contributed by atoms with E-state index in [0.717, 1.165) is 25.7 Å². The summed E-state index contributed by atoms with van der Waals surface area (Å²) in [6.07, 6.45) is 3.78. The number of rotatable bonds is 6. The number of ether oxygens (including phenoxy) is 1. The highest BCUT2D eigenvalue weighted by molar-refractivity contribution is 4.98. The van der Waals surface area contributed by atoms with Crippen LogP contribution in [0.5, 0.6) is 0 Å². The van der Waals surface area contributed by atoms with Crippen molar-refractivity contribution in [3.8, 4) is 0 Å². The molecule has 2 aliphatic rings. The van der Waals surface area contributed by atoms with Crippen LogP contribution in [0.2, 0.25) is 0 Å². The molecule has 3 heterocycles. The molecule has 1 aromatic heterocycles. The molecule has 124 valence electrons. The summed E-state index contributed by atoms with van der Waals surface area (Å²) in [5, 5.41) is 13.9. The number of hydrogen-bond donors (Lipinski definition) is 1. The summed E-state index contributed by atoms with van der Waals surface area (Å²) >= 11 is 0. The summed E-state index contributed by atoms with van der Waals surface area (Å²) in [5.41, 5.74) is 0. The molecule has 3 atom stereocenters. The summed E-state index contributed by atoms with van der Waals surface area (Å²) in [6.45, 7) is 7.58. The van der Waals surface area contributed by atoms with E-state index in [1.807, 2.05) is 6.92 Å². The molecule has 1 N–H and O–H groups in total. The van der Waals surface area contributed by atoms with Crippen molar-refractivity contribution in [2.24, 2.45) is 5.92 Å². The Bertz CT molecular complexity index is 477. The molecule has 0 radical (unpaired) electrons. The molecule has 2 fully saturated rings. The lowest BCUT2D eigenvalue weighted by molar-refractivity contribution is 0.0256. The summed E-state index contributed by atoms with van der Waals surface area (Å²) < 4.78 is 11.1. The van der Waals surface area contributed by atoms with Crippen molar-refractivity contribution in [3.63, 3.8) is 0 Å². The van der Waals surface area contributed by atoms with Gasteiger partial charge in [0.2, 0.25) is 5.89 Å². The highest BCUT2D eigenvalue weighted by Gasteiger charge is 2.40. The van der Waals surface area contributed by atoms with Gasteiger partial charge in [-0.3, -0.25) is 4.90 Å². The van der Waals surface area contributed by atoms with E-state index < -0.39 is 0 Å². The van der Waals surface area contributed by atoms with E-state index in [4.69, 9.17) is 9.26 Å². The van der Waals surface area contributed by atoms with E-state index in [9.17, 15) is 5.11 Å². The van der Waals surface area contributed by atoms with Crippen molar-refractivity contribution in [1.29, 1.82) is 0 Å². The normalized spacial score (nSPS) is 30.1. The minimum absolute atomic E-state index is 0.139. The van der Waals surface area contributed by atoms with E-state index in [1.54, 1.807) is 0 Å². The van der Waals surface area contributed by atoms with Gasteiger partial charge >= 0.3 is 0 Å². The maximum Gasteiger partial charge on any atom is 0.240 e. The first kappa shape index (κ1) is 15.9. The fourth-order valence-corrected chi connectivity index (χ4v) is 3.57. The second-order valence-electron chi connectivity index (χ2n) is 7.10. The zero-order valence-electron chi connectivity index (χ0n) is 13.7. The van der Waals surface area contributed by atoms with Crippen LogP contribution < -0.4 is 0 Å². The first-order valence-corrected chi connectivity index (χ1v) is 8.40. The average Bonchev–Trinajstić information content (AvgIpc) is 3.01. The zero-order valence-corrected chi connectivity index (χ0v) is 13.7. The Morgan fingerprint density at radius 1 is 1.27 bits per heavy atom. The van der Waals surface area contributed by atoms with Gasteiger partial charge in [0, 0.05) is 18.7 Å². The summed E-state index contributed by atoms with van der Waals surface area (Å²) in [6, 6.07) is 0.914. The third-order valence-electron chi connectivity index (χ3n) is 4.70. The van der Waals surface area contributed by atoms with Crippen LogP contribution >= 0.6 is 0 Å². The smallest absolute Gasteiger partial charge is 0.240 e. The predicted molar refractivity (Wildman–Crippen MR) is 81.1 cm³/mol. The van der Waals surface area contributed by atoms with E-state index in [0.29, 0.717) is 42.9 Å². The van der Waals surface area contributed by atoms with Crippen molar-refractivity contribution >= 4 is 0 Å². The Labute approximate surface area is 131 Å². The highest BCUT2D eigenvalue weighted by Crippen LogP contribution is 2.36. The summed E-state index contributed by atoms with van der Waals surface area (Å²) in [7, 11) is 0. The number of piperidine rings is 1. The van der Waals surface area contributed by atoms with Crippen LogP contribution in [-0.4, -0.2) is 44.9 Å². The fourth-order valence-electron chi connectivity index (χ4n) is 3.57. The zero-order chi connectivity index (χ0) is 15.7. The molecule has 2 saturated heterocycles. The number of aromatic nitrogens is 2. The van der Waals surface area contributed by atoms with Gasteiger partial charge in [-0.15, -0.1) is 0 Å². The van der Waals surface area contributed by atoms with Crippen molar-refractivity contribution in [2.75, 3.05) is 6.61 Å². The maximum atomic E-state index is 9.86. The van der Waals surface area contributed by atoms with Crippen molar-refractivity contribution in [1.82, 2.24) is 15.0 Å². The fraction of sp³-hybridized carbons (Fsp3) is 0.875. The molecule has 0 aliphatic carbocycles. The minimum Gasteiger partial charge on any atom is -0.393 e. The Balaban J connectivity index is 1.58. The van der Waals surface area contributed by atoms with Crippen LogP contribution in [0.3, 0.4) is 0 Å². The number of fused-ring (bicyclic) bond motifs is 2. The molecule has 2 aliphatic heterocycles. The van der Waals surface area contributed by atoms with Crippen LogP contribution in [-0.2, 0) is 11.3 Å². The molecule has 0 saturated carbocycles. The highest BCUT2D eigenvalue weighted by atomic mass is 16.5. The summed E-state index contributed by atoms with van der Waals surface area (Å²) in [4.78, 5) is 6.91. The topological polar surface area (TPSA) is 71.6 Å². The number of nitrogens with zero attached hydrogens (tertiary/aromatic N) is 3. The van der Waals surface area contributed by atoms with Gasteiger partial charge in [-0.1, -0.05) is 19.0 Å². The maximum absolute atomic E-state index is 9.86. The Morgan fingerprint density at radius 3 is 2.59 bits per heavy atom. The molecule has 22 heavy (non-hydrogen) atoms. The van der Waals surface area contributed by atoms with Gasteiger partial charge in [0.25, 0.3) is 0 Å². The lowest BCUT2D eigenvalue weighted by Crippen LogP contribution is -2.44. The monoisotopic (exact) mass is 309 g/mol. The van der Waals surface area contributed by atoms with Gasteiger partial charge in [-0.2, -0.15) is 4.98 Å². The molecule has 0 unspecified atom stereocenters. The van der Waals surface area contributed by atoms with Crippen molar-refractivity contribution in [3.05, 3.63) is 11.7 Å². The molecule has 1 aromatic rings. The number of aliphatic hydroxyl groups excluding tert-OH is 1. The number of aliphatic hydroxyl groups is 1. The summed E-state index contributed by atoms with van der Waals surface area (Å²) in [5.74, 6) is 1.77. The second kappa shape index (κ2) is 6.64. The molecule has 6 heteroatoms. The van der Waals surface area contributed by atoms with Gasteiger partial charge in [0.05, 0.1) is 12.6 Å². The first-order chi connectivity index (χ1) is 10.5. The van der Waals surface area contributed by atoms with Gasteiger partial charge in [0.1, 0.15) is 6.10 Å². The van der Waals surface area contributed by atoms with E-state index in [2.05, 4.69) is 28.9 Å². The molecule has 6 nitrogen and oxygen atoms in total. The van der Waals surface area contributed by atoms with Crippen LogP contribution in [0.25, 0.3) is 0 Å². The van der Waals surface area contributed by atoms with E-state index >= 15 is 0 Å². The molecule has 3 rings (SSSR count). The SMILES string of the molecule is CC(C)CO[C@H](C)c1noc(CN2[C@H]3CC[C@H]2CC(O)C3)n1. The second-order valence-corrected chi connectivity index (χ2v) is 7.10. The third kappa shape index (κ3) is 3.50. The molecule has 0 spiro atoms. The Kier molecular flexibility index (Phi) is 4.80. The molecule has 0 aromatic carbocycles. The van der Waals surface area contributed by atoms with Gasteiger partial charge in [-0.05, 0) is 38.5 Å². The standard InChI is InChI=1S/C16H27N3O3/c1-10(2)9-21-11(3)16-17-15(22-18-16)8-19-12-4-5-13(19)7-14(20)6-12/h10-14,20H,4-9H2,1-3H3/t11-,12+,13+/m1/s1. The largest absolute Gasteiger partial charge is 0.393 e. The third-order valence-corrected chi connectivity index (χ3v) is 4.70. The quantitative estimate of drug-likeness (QED) is 0.869. The van der Waals surface area contributed by atoms with E-state index in [-0.39, 0.29) is 12.2 Å². The van der Waals surface area contributed by atoms with Crippen LogP contribution in [0.1, 0.15) is 64.3 Å². The first-order valence-electron chi connectivity index (χ1n) is 8.40. The molecule has 0 amide bonds. The Hall–Kier alpha value is -0.980. The predicted octanol–water partition coefficient (Wildman–Crippen LogP) is 2.29. The van der Waals surface area contributed by atoms with Gasteiger partial charge in [-0.25, -0.2) is 0 Å². The van der Waals surface area contributed by atoms with Crippen LogP contribution in [0.15, 0.2) is 4.52 Å². The molecular weight excluding hydrogens is 282 g/mol. The van der Waals surface area contributed by atoms with Crippen LogP contribution in [0.4, 0.5) is 0 Å². The lowest BCUT2D eigenvalue weighted by atomic mass is 10.00. The Morgan fingerprint density at radius 2 is 1.95 bits per heavy atom. The van der Waals surface area contributed by atoms with Gasteiger partial charge < -0.3 is 14.4 Å². The molecule has 2 bridgehead atoms. The van der Waals surface area contributed by atoms with Crippen LogP contribution in [0, 0.1) is 5.92 Å².